The molecule has 0 saturated heterocycles. The molecule has 0 aromatic heterocycles. The molecule has 0 heterocycles. The molecule has 2 aromatic carbocycles. The van der Waals surface area contributed by atoms with E-state index in [9.17, 15) is 9.59 Å². The predicted molar refractivity (Wildman–Crippen MR) is 88.3 cm³/mol. The van der Waals surface area contributed by atoms with Crippen LogP contribution in [0.1, 0.15) is 10.4 Å². The van der Waals surface area contributed by atoms with Crippen LogP contribution in [0, 0.1) is 0 Å². The van der Waals surface area contributed by atoms with Gasteiger partial charge in [-0.05, 0) is 36.4 Å². The topological polar surface area (TPSA) is 84.2 Å². The smallest absolute Gasteiger partial charge is 0.251 e. The summed E-state index contributed by atoms with van der Waals surface area (Å²) in [6, 6.07) is 11.2. The molecule has 114 valence electrons. The average molecular weight is 338 g/mol. The number of nitrogen functional groups attached to an aromatic ring is 1. The van der Waals surface area contributed by atoms with Crippen molar-refractivity contribution in [2.45, 2.75) is 0 Å². The number of nitrogens with one attached hydrogen (secondary N) is 2. The number of hydrogen-bond donors (Lipinski definition) is 3. The second kappa shape index (κ2) is 7.15. The molecule has 7 heteroatoms. The van der Waals surface area contributed by atoms with Crippen molar-refractivity contribution in [2.75, 3.05) is 17.6 Å². The van der Waals surface area contributed by atoms with Crippen molar-refractivity contribution in [2.24, 2.45) is 0 Å². The second-order valence-corrected chi connectivity index (χ2v) is 5.32. The number of nitrogens with two attached hydrogens (primary N) is 1. The van der Waals surface area contributed by atoms with Crippen LogP contribution in [0.5, 0.6) is 0 Å². The van der Waals surface area contributed by atoms with Crippen molar-refractivity contribution < 1.29 is 9.59 Å². The average Bonchev–Trinajstić information content (AvgIpc) is 2.48. The van der Waals surface area contributed by atoms with E-state index in [1.165, 1.54) is 6.07 Å². The molecule has 0 radical (unpaired) electrons. The SMILES string of the molecule is Nc1cc(NC(=O)CNC(=O)c2cccc(Cl)c2)ccc1Cl. The first-order valence-corrected chi connectivity index (χ1v) is 7.10. The van der Waals surface area contributed by atoms with Gasteiger partial charge in [0.15, 0.2) is 0 Å². The zero-order valence-electron chi connectivity index (χ0n) is 11.4. The van der Waals surface area contributed by atoms with Gasteiger partial charge >= 0.3 is 0 Å². The third kappa shape index (κ3) is 4.38. The number of rotatable bonds is 4. The number of benzene rings is 2. The molecule has 2 rings (SSSR count). The molecule has 0 unspecified atom stereocenters. The van der Waals surface area contributed by atoms with E-state index in [2.05, 4.69) is 10.6 Å². The normalized spacial score (nSPS) is 10.1. The highest BCUT2D eigenvalue weighted by atomic mass is 35.5. The first-order valence-electron chi connectivity index (χ1n) is 6.34. The Labute approximate surface area is 137 Å². The minimum atomic E-state index is -0.381. The van der Waals surface area contributed by atoms with Crippen molar-refractivity contribution in [3.63, 3.8) is 0 Å². The van der Waals surface area contributed by atoms with Gasteiger partial charge in [0, 0.05) is 16.3 Å². The van der Waals surface area contributed by atoms with Crippen LogP contribution in [0.3, 0.4) is 0 Å². The molecule has 2 aromatic rings. The molecular weight excluding hydrogens is 325 g/mol. The number of anilines is 2. The lowest BCUT2D eigenvalue weighted by Crippen LogP contribution is -2.32. The van der Waals surface area contributed by atoms with Crippen molar-refractivity contribution in [1.29, 1.82) is 0 Å². The Balaban J connectivity index is 1.90. The first kappa shape index (κ1) is 16.1. The van der Waals surface area contributed by atoms with E-state index in [-0.39, 0.29) is 18.4 Å². The Morgan fingerprint density at radius 3 is 2.55 bits per heavy atom. The Morgan fingerprint density at radius 2 is 1.86 bits per heavy atom. The molecule has 0 aliphatic heterocycles. The van der Waals surface area contributed by atoms with E-state index in [1.54, 1.807) is 36.4 Å². The first-order chi connectivity index (χ1) is 10.5. The van der Waals surface area contributed by atoms with Gasteiger partial charge in [-0.1, -0.05) is 29.3 Å². The number of carbonyl (C=O) groups is 2. The van der Waals surface area contributed by atoms with Gasteiger partial charge in [0.1, 0.15) is 0 Å². The number of halogens is 2. The minimum absolute atomic E-state index is 0.173. The lowest BCUT2D eigenvalue weighted by Gasteiger charge is -2.08. The van der Waals surface area contributed by atoms with E-state index in [0.29, 0.717) is 27.0 Å². The lowest BCUT2D eigenvalue weighted by atomic mass is 10.2. The standard InChI is InChI=1S/C15H13Cl2N3O2/c16-10-3-1-2-9(6-10)15(22)19-8-14(21)20-11-4-5-12(17)13(18)7-11/h1-7H,8,18H2,(H,19,22)(H,20,21). The fourth-order valence-corrected chi connectivity index (χ4v) is 2.03. The highest BCUT2D eigenvalue weighted by Crippen LogP contribution is 2.22. The van der Waals surface area contributed by atoms with E-state index < -0.39 is 0 Å². The van der Waals surface area contributed by atoms with Crippen molar-refractivity contribution in [3.8, 4) is 0 Å². The van der Waals surface area contributed by atoms with Gasteiger partial charge in [-0.3, -0.25) is 9.59 Å². The summed E-state index contributed by atoms with van der Waals surface area (Å²) in [6.45, 7) is -0.173. The molecule has 0 aliphatic rings. The van der Waals surface area contributed by atoms with Crippen LogP contribution < -0.4 is 16.4 Å². The van der Waals surface area contributed by atoms with E-state index in [1.807, 2.05) is 0 Å². The quantitative estimate of drug-likeness (QED) is 0.750. The molecule has 0 saturated carbocycles. The summed E-state index contributed by atoms with van der Waals surface area (Å²) in [7, 11) is 0. The number of carbonyl (C=O) groups excluding carboxylic acids is 2. The molecule has 0 fully saturated rings. The Bertz CT molecular complexity index is 720. The van der Waals surface area contributed by atoms with Gasteiger partial charge in [0.2, 0.25) is 5.91 Å². The molecule has 22 heavy (non-hydrogen) atoms. The van der Waals surface area contributed by atoms with Crippen LogP contribution in [0.2, 0.25) is 10.0 Å². The van der Waals surface area contributed by atoms with Crippen LogP contribution >= 0.6 is 23.2 Å². The number of amides is 2. The van der Waals surface area contributed by atoms with Crippen LogP contribution in [-0.4, -0.2) is 18.4 Å². The predicted octanol–water partition coefficient (Wildman–Crippen LogP) is 2.94. The second-order valence-electron chi connectivity index (χ2n) is 4.48. The highest BCUT2D eigenvalue weighted by Gasteiger charge is 2.09. The van der Waals surface area contributed by atoms with E-state index in [0.717, 1.165) is 0 Å². The zero-order valence-corrected chi connectivity index (χ0v) is 12.9. The summed E-state index contributed by atoms with van der Waals surface area (Å²) < 4.78 is 0. The summed E-state index contributed by atoms with van der Waals surface area (Å²) in [5.74, 6) is -0.759. The fourth-order valence-electron chi connectivity index (χ4n) is 1.72. The van der Waals surface area contributed by atoms with Crippen LogP contribution in [0.15, 0.2) is 42.5 Å². The maximum Gasteiger partial charge on any atom is 0.251 e. The van der Waals surface area contributed by atoms with Gasteiger partial charge in [0.05, 0.1) is 17.3 Å². The lowest BCUT2D eigenvalue weighted by molar-refractivity contribution is -0.115. The van der Waals surface area contributed by atoms with Gasteiger partial charge in [-0.25, -0.2) is 0 Å². The molecule has 4 N–H and O–H groups in total. The largest absolute Gasteiger partial charge is 0.397 e. The van der Waals surface area contributed by atoms with Crippen molar-refractivity contribution in [3.05, 3.63) is 58.1 Å². The van der Waals surface area contributed by atoms with Gasteiger partial charge < -0.3 is 16.4 Å². The third-order valence-corrected chi connectivity index (χ3v) is 3.36. The summed E-state index contributed by atoms with van der Waals surface area (Å²) in [4.78, 5) is 23.7. The Kier molecular flexibility index (Phi) is 5.25. The Morgan fingerprint density at radius 1 is 1.09 bits per heavy atom. The van der Waals surface area contributed by atoms with Gasteiger partial charge in [0.25, 0.3) is 5.91 Å². The van der Waals surface area contributed by atoms with Gasteiger partial charge in [-0.2, -0.15) is 0 Å². The van der Waals surface area contributed by atoms with E-state index >= 15 is 0 Å². The van der Waals surface area contributed by atoms with E-state index in [4.69, 9.17) is 28.9 Å². The fraction of sp³-hybridized carbons (Fsp3) is 0.0667. The molecule has 5 nitrogen and oxygen atoms in total. The zero-order chi connectivity index (χ0) is 16.1. The molecule has 2 amide bonds. The summed E-state index contributed by atoms with van der Waals surface area (Å²) >= 11 is 11.6. The Hall–Kier alpha value is -2.24. The highest BCUT2D eigenvalue weighted by molar-refractivity contribution is 6.33. The molecule has 0 spiro atoms. The summed E-state index contributed by atoms with van der Waals surface area (Å²) in [5.41, 5.74) is 6.90. The third-order valence-electron chi connectivity index (χ3n) is 2.78. The number of hydrogen-bond acceptors (Lipinski definition) is 3. The monoisotopic (exact) mass is 337 g/mol. The van der Waals surface area contributed by atoms with Crippen LogP contribution in [0.4, 0.5) is 11.4 Å². The molecule has 0 aliphatic carbocycles. The molecule has 0 bridgehead atoms. The minimum Gasteiger partial charge on any atom is -0.397 e. The summed E-state index contributed by atoms with van der Waals surface area (Å²) in [6.07, 6.45) is 0. The van der Waals surface area contributed by atoms with Crippen LogP contribution in [-0.2, 0) is 4.79 Å². The van der Waals surface area contributed by atoms with Crippen molar-refractivity contribution in [1.82, 2.24) is 5.32 Å². The summed E-state index contributed by atoms with van der Waals surface area (Å²) in [5, 5.41) is 5.98. The van der Waals surface area contributed by atoms with Gasteiger partial charge in [-0.15, -0.1) is 0 Å². The maximum absolute atomic E-state index is 11.9. The van der Waals surface area contributed by atoms with Crippen LogP contribution in [0.25, 0.3) is 0 Å². The maximum atomic E-state index is 11.9. The molecule has 0 atom stereocenters. The molecular formula is C15H13Cl2N3O2. The van der Waals surface area contributed by atoms with Crippen molar-refractivity contribution >= 4 is 46.4 Å².